The highest BCUT2D eigenvalue weighted by molar-refractivity contribution is 6.05. The number of anilines is 2. The van der Waals surface area contributed by atoms with Gasteiger partial charge in [0.2, 0.25) is 0 Å². The molecule has 6 rings (SSSR count). The molecule has 3 aliphatic heterocycles. The second-order valence-corrected chi connectivity index (χ2v) is 14.1. The summed E-state index contributed by atoms with van der Waals surface area (Å²) in [6.45, 7) is 16.3. The first kappa shape index (κ1) is 31.4. The summed E-state index contributed by atoms with van der Waals surface area (Å²) in [4.78, 5) is 42.9. The summed E-state index contributed by atoms with van der Waals surface area (Å²) in [5.41, 5.74) is 3.97. The van der Waals surface area contributed by atoms with Gasteiger partial charge in [-0.1, -0.05) is 0 Å². The summed E-state index contributed by atoms with van der Waals surface area (Å²) >= 11 is 0. The summed E-state index contributed by atoms with van der Waals surface area (Å²) in [6, 6.07) is 14.4. The largest absolute Gasteiger partial charge is 0.444 e. The average Bonchev–Trinajstić information content (AvgIpc) is 3.61. The monoisotopic (exact) mass is 615 g/mol. The molecule has 0 bridgehead atoms. The topological polar surface area (TPSA) is 97.0 Å². The number of carbonyl (C=O) groups is 2. The normalized spacial score (nSPS) is 20.6. The Hall–Kier alpha value is -3.63. The van der Waals surface area contributed by atoms with E-state index in [0.717, 1.165) is 100.0 Å². The van der Waals surface area contributed by atoms with Gasteiger partial charge in [0.15, 0.2) is 0 Å². The number of imidazole rings is 1. The van der Waals surface area contributed by atoms with Gasteiger partial charge in [-0.15, -0.1) is 0 Å². The highest BCUT2D eigenvalue weighted by Gasteiger charge is 2.28. The van der Waals surface area contributed by atoms with E-state index in [2.05, 4.69) is 44.1 Å². The van der Waals surface area contributed by atoms with Crippen molar-refractivity contribution < 1.29 is 14.3 Å². The number of fused-ring (bicyclic) bond motifs is 1. The van der Waals surface area contributed by atoms with Gasteiger partial charge < -0.3 is 24.8 Å². The lowest BCUT2D eigenvalue weighted by atomic mass is 9.95. The minimum absolute atomic E-state index is 0.114. The molecule has 0 unspecified atom stereocenters. The Morgan fingerprint density at radius 1 is 0.956 bits per heavy atom. The molecule has 1 atom stereocenters. The molecule has 0 radical (unpaired) electrons. The number of rotatable bonds is 7. The molecule has 45 heavy (non-hydrogen) atoms. The number of nitrogens with zero attached hydrogens (tertiary/aromatic N) is 5. The van der Waals surface area contributed by atoms with Crippen LogP contribution in [0.3, 0.4) is 0 Å². The van der Waals surface area contributed by atoms with Crippen LogP contribution in [0.4, 0.5) is 16.2 Å². The van der Waals surface area contributed by atoms with Crippen molar-refractivity contribution in [2.75, 3.05) is 62.6 Å². The molecule has 4 heterocycles. The molecular weight excluding hydrogens is 566 g/mol. The SMILES string of the molecule is C[C@H]1CCCN1Cc1nc2ccc(NC(=O)c3ccc(N4CCC(CN5CCN(C(=O)OC(C)(C)C)CC5)CC4)cc3)cc2[nH]1. The Labute approximate surface area is 267 Å². The lowest BCUT2D eigenvalue weighted by Gasteiger charge is -2.39. The number of aromatic amines is 1. The Morgan fingerprint density at radius 3 is 2.36 bits per heavy atom. The average molecular weight is 616 g/mol. The van der Waals surface area contributed by atoms with Crippen LogP contribution in [-0.2, 0) is 11.3 Å². The maximum Gasteiger partial charge on any atom is 0.410 e. The quantitative estimate of drug-likeness (QED) is 0.359. The van der Waals surface area contributed by atoms with Gasteiger partial charge in [-0.25, -0.2) is 9.78 Å². The molecule has 3 saturated heterocycles. The Bertz CT molecular complexity index is 1460. The molecule has 0 spiro atoms. The fourth-order valence-electron chi connectivity index (χ4n) is 6.84. The molecule has 10 heteroatoms. The Morgan fingerprint density at radius 2 is 1.69 bits per heavy atom. The summed E-state index contributed by atoms with van der Waals surface area (Å²) < 4.78 is 5.53. The van der Waals surface area contributed by atoms with Gasteiger partial charge in [0, 0.05) is 68.8 Å². The second kappa shape index (κ2) is 13.4. The number of H-pyrrole nitrogens is 1. The van der Waals surface area contributed by atoms with E-state index in [1.165, 1.54) is 12.8 Å². The summed E-state index contributed by atoms with van der Waals surface area (Å²) in [5, 5.41) is 3.06. The molecule has 2 N–H and O–H groups in total. The summed E-state index contributed by atoms with van der Waals surface area (Å²) in [5.74, 6) is 1.52. The van der Waals surface area contributed by atoms with Crippen LogP contribution in [0.25, 0.3) is 11.0 Å². The van der Waals surface area contributed by atoms with Crippen molar-refractivity contribution in [3.63, 3.8) is 0 Å². The summed E-state index contributed by atoms with van der Waals surface area (Å²) in [7, 11) is 0. The summed E-state index contributed by atoms with van der Waals surface area (Å²) in [6.07, 6.45) is 4.57. The zero-order chi connectivity index (χ0) is 31.6. The number of hydrogen-bond acceptors (Lipinski definition) is 7. The van der Waals surface area contributed by atoms with Crippen molar-refractivity contribution in [1.82, 2.24) is 24.7 Å². The molecular formula is C35H49N7O3. The second-order valence-electron chi connectivity index (χ2n) is 14.1. The van der Waals surface area contributed by atoms with Crippen molar-refractivity contribution in [3.05, 3.63) is 53.9 Å². The van der Waals surface area contributed by atoms with E-state index in [-0.39, 0.29) is 12.0 Å². The third-order valence-electron chi connectivity index (χ3n) is 9.48. The number of piperazine rings is 1. The fraction of sp³-hybridized carbons (Fsp3) is 0.571. The van der Waals surface area contributed by atoms with E-state index in [1.54, 1.807) is 0 Å². The Balaban J connectivity index is 0.952. The highest BCUT2D eigenvalue weighted by atomic mass is 16.6. The predicted octanol–water partition coefficient (Wildman–Crippen LogP) is 5.57. The van der Waals surface area contributed by atoms with E-state index in [1.807, 2.05) is 56.0 Å². The van der Waals surface area contributed by atoms with Gasteiger partial charge in [-0.2, -0.15) is 0 Å². The Kier molecular flexibility index (Phi) is 9.33. The van der Waals surface area contributed by atoms with Gasteiger partial charge in [-0.05, 0) is 108 Å². The smallest absolute Gasteiger partial charge is 0.410 e. The molecule has 2 amide bonds. The number of piperidine rings is 1. The van der Waals surface area contributed by atoms with E-state index in [0.29, 0.717) is 17.5 Å². The van der Waals surface area contributed by atoms with Gasteiger partial charge >= 0.3 is 6.09 Å². The third kappa shape index (κ3) is 7.97. The minimum Gasteiger partial charge on any atom is -0.444 e. The van der Waals surface area contributed by atoms with Crippen molar-refractivity contribution in [2.45, 2.75) is 71.6 Å². The maximum absolute atomic E-state index is 13.1. The standard InChI is InChI=1S/C35H49N7O3/c1-25-6-5-15-42(25)24-32-37-30-12-9-28(22-31(30)38-32)36-33(43)27-7-10-29(11-8-27)40-16-13-26(14-17-40)23-39-18-20-41(21-19-39)34(44)45-35(2,3)4/h7-12,22,25-26H,5-6,13-21,23-24H2,1-4H3,(H,36,43)(H,37,38)/t25-/m0/s1. The number of ether oxygens (including phenoxy) is 1. The molecule has 3 aromatic rings. The van der Waals surface area contributed by atoms with Crippen LogP contribution >= 0.6 is 0 Å². The number of aromatic nitrogens is 2. The van der Waals surface area contributed by atoms with Crippen LogP contribution in [0.5, 0.6) is 0 Å². The molecule has 0 saturated carbocycles. The van der Waals surface area contributed by atoms with Crippen LogP contribution in [-0.4, -0.2) is 101 Å². The lowest BCUT2D eigenvalue weighted by Crippen LogP contribution is -2.51. The first-order valence-electron chi connectivity index (χ1n) is 16.7. The molecule has 0 aliphatic carbocycles. The van der Waals surface area contributed by atoms with Gasteiger partial charge in [0.1, 0.15) is 11.4 Å². The van der Waals surface area contributed by atoms with Crippen molar-refractivity contribution in [2.24, 2.45) is 5.92 Å². The third-order valence-corrected chi connectivity index (χ3v) is 9.48. The van der Waals surface area contributed by atoms with Crippen molar-refractivity contribution in [3.8, 4) is 0 Å². The van der Waals surface area contributed by atoms with Crippen LogP contribution in [0, 0.1) is 5.92 Å². The number of amides is 2. The number of nitrogens with one attached hydrogen (secondary N) is 2. The molecule has 2 aromatic carbocycles. The number of likely N-dealkylation sites (tertiary alicyclic amines) is 1. The van der Waals surface area contributed by atoms with Crippen molar-refractivity contribution in [1.29, 1.82) is 0 Å². The lowest BCUT2D eigenvalue weighted by molar-refractivity contribution is 0.0130. The first-order chi connectivity index (χ1) is 21.6. The molecule has 3 fully saturated rings. The van der Waals surface area contributed by atoms with E-state index in [4.69, 9.17) is 9.72 Å². The van der Waals surface area contributed by atoms with Crippen LogP contribution in [0.2, 0.25) is 0 Å². The van der Waals surface area contributed by atoms with E-state index >= 15 is 0 Å². The number of benzene rings is 2. The number of carbonyl (C=O) groups excluding carboxylic acids is 2. The van der Waals surface area contributed by atoms with Crippen LogP contribution in [0.1, 0.15) is 69.6 Å². The number of hydrogen-bond donors (Lipinski definition) is 2. The zero-order valence-electron chi connectivity index (χ0n) is 27.3. The predicted molar refractivity (Wildman–Crippen MR) is 179 cm³/mol. The highest BCUT2D eigenvalue weighted by Crippen LogP contribution is 2.26. The molecule has 10 nitrogen and oxygen atoms in total. The van der Waals surface area contributed by atoms with Crippen molar-refractivity contribution >= 4 is 34.4 Å². The minimum atomic E-state index is -0.456. The first-order valence-corrected chi connectivity index (χ1v) is 16.7. The fourth-order valence-corrected chi connectivity index (χ4v) is 6.84. The zero-order valence-corrected chi connectivity index (χ0v) is 27.3. The van der Waals surface area contributed by atoms with Gasteiger partial charge in [0.05, 0.1) is 17.6 Å². The van der Waals surface area contributed by atoms with Gasteiger partial charge in [0.25, 0.3) is 5.91 Å². The van der Waals surface area contributed by atoms with E-state index < -0.39 is 5.60 Å². The van der Waals surface area contributed by atoms with E-state index in [9.17, 15) is 9.59 Å². The maximum atomic E-state index is 13.1. The van der Waals surface area contributed by atoms with Crippen LogP contribution in [0.15, 0.2) is 42.5 Å². The van der Waals surface area contributed by atoms with Gasteiger partial charge in [-0.3, -0.25) is 14.6 Å². The molecule has 242 valence electrons. The molecule has 1 aromatic heterocycles. The van der Waals surface area contributed by atoms with Crippen LogP contribution < -0.4 is 10.2 Å². The molecule has 3 aliphatic rings.